The minimum absolute atomic E-state index is 0.211. The van der Waals surface area contributed by atoms with E-state index >= 15 is 0 Å². The molecule has 3 aromatic carbocycles. The molecule has 0 radical (unpaired) electrons. The van der Waals surface area contributed by atoms with Crippen molar-refractivity contribution in [3.63, 3.8) is 0 Å². The van der Waals surface area contributed by atoms with Crippen molar-refractivity contribution in [2.24, 2.45) is 10.2 Å². The molecule has 1 aliphatic rings. The van der Waals surface area contributed by atoms with Crippen molar-refractivity contribution in [3.8, 4) is 0 Å². The van der Waals surface area contributed by atoms with E-state index in [9.17, 15) is 9.59 Å². The number of methoxy groups -OCH3 is 1. The molecule has 0 saturated carbocycles. The predicted molar refractivity (Wildman–Crippen MR) is 141 cm³/mol. The largest absolute Gasteiger partial charge is 0.466 e. The molecule has 1 aliphatic heterocycles. The monoisotopic (exact) mass is 484 g/mol. The summed E-state index contributed by atoms with van der Waals surface area (Å²) < 4.78 is 4.55. The molecule has 0 bridgehead atoms. The number of anilines is 3. The number of carbonyl (C=O) groups is 2. The summed E-state index contributed by atoms with van der Waals surface area (Å²) in [7, 11) is 1.25. The fourth-order valence-electron chi connectivity index (χ4n) is 3.33. The molecule has 1 N–H and O–H groups in total. The smallest absolute Gasteiger partial charge is 0.331 e. The highest BCUT2D eigenvalue weighted by molar-refractivity contribution is 8.18. The topological polar surface area (TPSA) is 83.4 Å². The molecule has 1 heterocycles. The second kappa shape index (κ2) is 10.8. The molecule has 8 heteroatoms. The second-order valence-electron chi connectivity index (χ2n) is 7.84. The van der Waals surface area contributed by atoms with E-state index in [1.54, 1.807) is 6.21 Å². The van der Waals surface area contributed by atoms with Crippen molar-refractivity contribution >= 4 is 52.1 Å². The first kappa shape index (κ1) is 24.0. The summed E-state index contributed by atoms with van der Waals surface area (Å²) in [6.07, 6.45) is 2.73. The lowest BCUT2D eigenvalue weighted by Gasteiger charge is -2.25. The number of amides is 1. The van der Waals surface area contributed by atoms with Gasteiger partial charge in [0.2, 0.25) is 0 Å². The molecular weight excluding hydrogens is 460 g/mol. The van der Waals surface area contributed by atoms with Crippen LogP contribution in [-0.2, 0) is 14.3 Å². The van der Waals surface area contributed by atoms with Gasteiger partial charge in [-0.25, -0.2) is 4.79 Å². The molecule has 4 rings (SSSR count). The van der Waals surface area contributed by atoms with Gasteiger partial charge in [-0.15, -0.1) is 5.10 Å². The van der Waals surface area contributed by atoms with Crippen LogP contribution in [0.15, 0.2) is 94.0 Å². The summed E-state index contributed by atoms with van der Waals surface area (Å²) >= 11 is 1.03. The normalized spacial score (nSPS) is 15.6. The Kier molecular flexibility index (Phi) is 7.42. The second-order valence-corrected chi connectivity index (χ2v) is 8.87. The van der Waals surface area contributed by atoms with Gasteiger partial charge in [0, 0.05) is 23.1 Å². The van der Waals surface area contributed by atoms with Crippen LogP contribution in [0.3, 0.4) is 0 Å². The number of hydrogen-bond donors (Lipinski definition) is 1. The number of nitrogens with one attached hydrogen (secondary N) is 1. The van der Waals surface area contributed by atoms with Crippen LogP contribution in [0.1, 0.15) is 16.7 Å². The van der Waals surface area contributed by atoms with Crippen molar-refractivity contribution < 1.29 is 14.3 Å². The van der Waals surface area contributed by atoms with E-state index in [0.717, 1.165) is 40.5 Å². The average molecular weight is 485 g/mol. The van der Waals surface area contributed by atoms with E-state index < -0.39 is 11.9 Å². The SMILES string of the molecule is COC(=O)/C=C1/S/C(=N\N=Cc2ccc(N(c3ccc(C)cc3)c3ccc(C)cc3)cc2)NC1=O. The maximum Gasteiger partial charge on any atom is 0.331 e. The molecular formula is C27H24N4O3S. The fraction of sp³-hybridized carbons (Fsp3) is 0.111. The fourth-order valence-corrected chi connectivity index (χ4v) is 4.07. The Hall–Kier alpha value is -4.17. The van der Waals surface area contributed by atoms with Crippen LogP contribution in [0, 0.1) is 13.8 Å². The quantitative estimate of drug-likeness (QED) is 0.220. The molecule has 0 spiro atoms. The summed E-state index contributed by atoms with van der Waals surface area (Å²) in [5, 5.41) is 11.0. The molecule has 35 heavy (non-hydrogen) atoms. The predicted octanol–water partition coefficient (Wildman–Crippen LogP) is 5.38. The third-order valence-corrected chi connectivity index (χ3v) is 6.09. The molecule has 1 amide bonds. The lowest BCUT2D eigenvalue weighted by molar-refractivity contribution is -0.135. The Morgan fingerprint density at radius 1 is 0.886 bits per heavy atom. The minimum Gasteiger partial charge on any atom is -0.466 e. The van der Waals surface area contributed by atoms with Gasteiger partial charge in [-0.2, -0.15) is 5.10 Å². The van der Waals surface area contributed by atoms with E-state index in [1.165, 1.54) is 18.2 Å². The van der Waals surface area contributed by atoms with Crippen LogP contribution in [-0.4, -0.2) is 30.4 Å². The van der Waals surface area contributed by atoms with Gasteiger partial charge in [-0.05, 0) is 67.6 Å². The summed E-state index contributed by atoms with van der Waals surface area (Å²) in [6.45, 7) is 4.15. The first-order valence-electron chi connectivity index (χ1n) is 10.9. The number of rotatable bonds is 6. The van der Waals surface area contributed by atoms with Gasteiger partial charge in [-0.3, -0.25) is 10.1 Å². The Bertz CT molecular complexity index is 1270. The van der Waals surface area contributed by atoms with Gasteiger partial charge >= 0.3 is 5.97 Å². The summed E-state index contributed by atoms with van der Waals surface area (Å²) in [5.41, 5.74) is 6.41. The van der Waals surface area contributed by atoms with Crippen molar-refractivity contribution in [2.45, 2.75) is 13.8 Å². The van der Waals surface area contributed by atoms with Crippen LogP contribution in [0.2, 0.25) is 0 Å². The zero-order valence-corrected chi connectivity index (χ0v) is 20.4. The maximum absolute atomic E-state index is 11.9. The third-order valence-electron chi connectivity index (χ3n) is 5.19. The van der Waals surface area contributed by atoms with Crippen molar-refractivity contribution in [1.29, 1.82) is 0 Å². The molecule has 7 nitrogen and oxygen atoms in total. The highest BCUT2D eigenvalue weighted by Gasteiger charge is 2.25. The highest BCUT2D eigenvalue weighted by Crippen LogP contribution is 2.34. The Morgan fingerprint density at radius 3 is 1.91 bits per heavy atom. The molecule has 0 aliphatic carbocycles. The first-order chi connectivity index (χ1) is 16.9. The lowest BCUT2D eigenvalue weighted by Crippen LogP contribution is -2.19. The molecule has 0 unspecified atom stereocenters. The Balaban J connectivity index is 1.53. The number of amidine groups is 1. The summed E-state index contributed by atoms with van der Waals surface area (Å²) in [6, 6.07) is 24.8. The number of hydrogen-bond acceptors (Lipinski definition) is 7. The van der Waals surface area contributed by atoms with E-state index in [-0.39, 0.29) is 4.91 Å². The Labute approximate surface area is 208 Å². The first-order valence-corrected chi connectivity index (χ1v) is 11.7. The van der Waals surface area contributed by atoms with Crippen molar-refractivity contribution in [2.75, 3.05) is 12.0 Å². The van der Waals surface area contributed by atoms with Crippen LogP contribution in [0.25, 0.3) is 0 Å². The number of esters is 1. The van der Waals surface area contributed by atoms with Crippen LogP contribution < -0.4 is 10.2 Å². The minimum atomic E-state index is -0.599. The van der Waals surface area contributed by atoms with Crippen LogP contribution in [0.4, 0.5) is 17.1 Å². The number of carbonyl (C=O) groups excluding carboxylic acids is 2. The number of thioether (sulfide) groups is 1. The molecule has 176 valence electrons. The van der Waals surface area contributed by atoms with E-state index in [2.05, 4.69) is 87.5 Å². The van der Waals surface area contributed by atoms with Crippen molar-refractivity contribution in [3.05, 3.63) is 100 Å². The molecule has 0 atom stereocenters. The number of nitrogens with zero attached hydrogens (tertiary/aromatic N) is 3. The molecule has 1 fully saturated rings. The van der Waals surface area contributed by atoms with Gasteiger partial charge in [-0.1, -0.05) is 47.5 Å². The van der Waals surface area contributed by atoms with E-state index in [1.807, 2.05) is 24.3 Å². The third kappa shape index (κ3) is 6.04. The Morgan fingerprint density at radius 2 is 1.40 bits per heavy atom. The lowest BCUT2D eigenvalue weighted by atomic mass is 10.1. The number of aryl methyl sites for hydroxylation is 2. The molecule has 0 aromatic heterocycles. The maximum atomic E-state index is 11.9. The van der Waals surface area contributed by atoms with Crippen LogP contribution >= 0.6 is 11.8 Å². The summed E-state index contributed by atoms with van der Waals surface area (Å²) in [5.74, 6) is -1.01. The highest BCUT2D eigenvalue weighted by atomic mass is 32.2. The molecule has 1 saturated heterocycles. The van der Waals surface area contributed by atoms with Crippen LogP contribution in [0.5, 0.6) is 0 Å². The van der Waals surface area contributed by atoms with E-state index in [0.29, 0.717) is 5.17 Å². The standard InChI is InChI=1S/C27H24N4O3S/c1-18-4-10-21(11-5-18)31(22-12-6-19(2)7-13-22)23-14-8-20(9-15-23)17-28-30-27-29-26(33)24(35-27)16-25(32)34-3/h4-17H,1-3H3,(H,29,30,33)/b24-16+,28-17?. The van der Waals surface area contributed by atoms with Gasteiger partial charge in [0.05, 0.1) is 18.2 Å². The van der Waals surface area contributed by atoms with Gasteiger partial charge in [0.1, 0.15) is 0 Å². The number of ether oxygens (including phenoxy) is 1. The molecule has 3 aromatic rings. The number of benzene rings is 3. The van der Waals surface area contributed by atoms with Crippen molar-refractivity contribution in [1.82, 2.24) is 5.32 Å². The van der Waals surface area contributed by atoms with Gasteiger partial charge in [0.25, 0.3) is 5.91 Å². The average Bonchev–Trinajstić information content (AvgIpc) is 3.21. The van der Waals surface area contributed by atoms with Gasteiger partial charge in [0.15, 0.2) is 5.17 Å². The van der Waals surface area contributed by atoms with Gasteiger partial charge < -0.3 is 9.64 Å². The van der Waals surface area contributed by atoms with E-state index in [4.69, 9.17) is 0 Å². The zero-order chi connectivity index (χ0) is 24.8. The zero-order valence-electron chi connectivity index (χ0n) is 19.6. The summed E-state index contributed by atoms with van der Waals surface area (Å²) in [4.78, 5) is 25.6.